The van der Waals surface area contributed by atoms with Crippen molar-refractivity contribution < 1.29 is 33.9 Å². The molecule has 0 saturated heterocycles. The van der Waals surface area contributed by atoms with Gasteiger partial charge in [-0.05, 0) is 26.2 Å². The third kappa shape index (κ3) is 12.8. The largest absolute Gasteiger partial charge is 0.480 e. The average Bonchev–Trinajstić information content (AvgIpc) is 2.72. The smallest absolute Gasteiger partial charge is 0.325 e. The maximum absolute atomic E-state index is 12.8. The maximum atomic E-state index is 12.8. The topological polar surface area (TPSA) is 301 Å². The third-order valence-electron chi connectivity index (χ3n) is 4.38. The van der Waals surface area contributed by atoms with Crippen LogP contribution < -0.4 is 44.6 Å². The molecule has 34 heavy (non-hydrogen) atoms. The summed E-state index contributed by atoms with van der Waals surface area (Å²) in [5.74, 6) is -5.71. The van der Waals surface area contributed by atoms with Crippen LogP contribution in [0.5, 0.6) is 0 Å². The van der Waals surface area contributed by atoms with E-state index in [-0.39, 0.29) is 38.2 Å². The van der Waals surface area contributed by atoms with Gasteiger partial charge in [-0.25, -0.2) is 0 Å². The number of nitrogens with zero attached hydrogens (tertiary/aromatic N) is 1. The van der Waals surface area contributed by atoms with Crippen molar-refractivity contribution in [1.29, 1.82) is 0 Å². The van der Waals surface area contributed by atoms with Crippen molar-refractivity contribution in [1.82, 2.24) is 16.0 Å². The molecular weight excluding hydrogens is 454 g/mol. The molecule has 0 aromatic heterocycles. The van der Waals surface area contributed by atoms with Crippen LogP contribution in [0, 0.1) is 0 Å². The Kier molecular flexibility index (Phi) is 13.2. The number of primary amides is 2. The molecule has 0 bridgehead atoms. The Labute approximate surface area is 195 Å². The molecule has 5 amide bonds. The van der Waals surface area contributed by atoms with Gasteiger partial charge >= 0.3 is 5.97 Å². The van der Waals surface area contributed by atoms with Gasteiger partial charge in [-0.1, -0.05) is 0 Å². The van der Waals surface area contributed by atoms with Crippen LogP contribution in [0.4, 0.5) is 0 Å². The van der Waals surface area contributed by atoms with E-state index >= 15 is 0 Å². The number of hydrogen-bond donors (Lipinski definition) is 9. The lowest BCUT2D eigenvalue weighted by molar-refractivity contribution is -0.142. The van der Waals surface area contributed by atoms with Crippen LogP contribution in [-0.4, -0.2) is 77.3 Å². The molecule has 0 rings (SSSR count). The Morgan fingerprint density at radius 1 is 0.824 bits per heavy atom. The number of nitrogens with two attached hydrogens (primary N) is 5. The lowest BCUT2D eigenvalue weighted by atomic mass is 10.1. The highest BCUT2D eigenvalue weighted by molar-refractivity contribution is 5.96. The zero-order valence-corrected chi connectivity index (χ0v) is 18.8. The van der Waals surface area contributed by atoms with Crippen LogP contribution in [-0.2, 0) is 28.8 Å². The van der Waals surface area contributed by atoms with Gasteiger partial charge in [0.1, 0.15) is 18.1 Å². The normalized spacial score (nSPS) is 13.9. The van der Waals surface area contributed by atoms with Gasteiger partial charge in [0.25, 0.3) is 0 Å². The molecule has 0 heterocycles. The quantitative estimate of drug-likeness (QED) is 0.0567. The van der Waals surface area contributed by atoms with Crippen molar-refractivity contribution >= 4 is 41.5 Å². The maximum Gasteiger partial charge on any atom is 0.325 e. The van der Waals surface area contributed by atoms with Crippen LogP contribution >= 0.6 is 0 Å². The fourth-order valence-electron chi connectivity index (χ4n) is 2.54. The molecule has 0 radical (unpaired) electrons. The van der Waals surface area contributed by atoms with Crippen molar-refractivity contribution in [2.45, 2.75) is 63.2 Å². The van der Waals surface area contributed by atoms with E-state index in [1.54, 1.807) is 0 Å². The second-order valence-corrected chi connectivity index (χ2v) is 7.42. The fraction of sp³-hybridized carbons (Fsp3) is 0.611. The van der Waals surface area contributed by atoms with E-state index in [1.165, 1.54) is 6.92 Å². The highest BCUT2D eigenvalue weighted by Crippen LogP contribution is 2.03. The molecule has 0 fully saturated rings. The number of amides is 5. The molecule has 0 saturated carbocycles. The minimum absolute atomic E-state index is 0.00391. The van der Waals surface area contributed by atoms with Gasteiger partial charge in [-0.15, -0.1) is 0 Å². The summed E-state index contributed by atoms with van der Waals surface area (Å²) in [6.45, 7) is 1.34. The minimum atomic E-state index is -1.49. The lowest BCUT2D eigenvalue weighted by Gasteiger charge is -2.24. The Hall–Kier alpha value is -3.95. The van der Waals surface area contributed by atoms with Crippen molar-refractivity contribution in [2.24, 2.45) is 33.7 Å². The SMILES string of the molecule is CC(NC(=O)C(CCCN=C(N)N)NC(=O)C(CC(N)=O)NC(=O)C(N)CCC(N)=O)C(=O)O. The van der Waals surface area contributed by atoms with Gasteiger partial charge in [-0.3, -0.25) is 33.8 Å². The summed E-state index contributed by atoms with van der Waals surface area (Å²) in [5.41, 5.74) is 26.3. The summed E-state index contributed by atoms with van der Waals surface area (Å²) >= 11 is 0. The van der Waals surface area contributed by atoms with E-state index in [9.17, 15) is 28.8 Å². The summed E-state index contributed by atoms with van der Waals surface area (Å²) in [4.78, 5) is 74.6. The van der Waals surface area contributed by atoms with Gasteiger partial charge in [0.05, 0.1) is 12.5 Å². The zero-order valence-electron chi connectivity index (χ0n) is 18.8. The molecule has 192 valence electrons. The first-order valence-corrected chi connectivity index (χ1v) is 10.3. The average molecular weight is 488 g/mol. The number of hydrogen-bond acceptors (Lipinski definition) is 8. The molecule has 0 aromatic rings. The van der Waals surface area contributed by atoms with Gasteiger partial charge < -0.3 is 49.7 Å². The van der Waals surface area contributed by atoms with Crippen molar-refractivity contribution in [3.05, 3.63) is 0 Å². The first kappa shape index (κ1) is 30.1. The van der Waals surface area contributed by atoms with E-state index < -0.39 is 66.1 Å². The zero-order chi connectivity index (χ0) is 26.4. The lowest BCUT2D eigenvalue weighted by Crippen LogP contribution is -2.57. The summed E-state index contributed by atoms with van der Waals surface area (Å²) in [6.07, 6.45) is -0.678. The van der Waals surface area contributed by atoms with Gasteiger partial charge in [0.2, 0.25) is 29.5 Å². The predicted molar refractivity (Wildman–Crippen MR) is 119 cm³/mol. The monoisotopic (exact) mass is 487 g/mol. The molecule has 0 spiro atoms. The number of aliphatic imine (C=N–C) groups is 1. The molecule has 16 heteroatoms. The molecule has 0 aromatic carbocycles. The Morgan fingerprint density at radius 3 is 1.88 bits per heavy atom. The van der Waals surface area contributed by atoms with E-state index in [4.69, 9.17) is 33.8 Å². The number of carboxylic acid groups (broad SMARTS) is 1. The first-order chi connectivity index (χ1) is 15.7. The third-order valence-corrected chi connectivity index (χ3v) is 4.38. The highest BCUT2D eigenvalue weighted by atomic mass is 16.4. The summed E-state index contributed by atoms with van der Waals surface area (Å²) in [6, 6.07) is -5.20. The molecule has 0 aliphatic heterocycles. The van der Waals surface area contributed by atoms with Crippen LogP contribution in [0.2, 0.25) is 0 Å². The minimum Gasteiger partial charge on any atom is -0.480 e. The second kappa shape index (κ2) is 15.0. The summed E-state index contributed by atoms with van der Waals surface area (Å²) in [5, 5.41) is 15.8. The molecule has 16 nitrogen and oxygen atoms in total. The first-order valence-electron chi connectivity index (χ1n) is 10.3. The molecule has 14 N–H and O–H groups in total. The Bertz CT molecular complexity index is 799. The number of nitrogens with one attached hydrogen (secondary N) is 3. The van der Waals surface area contributed by atoms with E-state index in [0.29, 0.717) is 0 Å². The van der Waals surface area contributed by atoms with Gasteiger partial charge in [-0.2, -0.15) is 0 Å². The van der Waals surface area contributed by atoms with Crippen LogP contribution in [0.3, 0.4) is 0 Å². The van der Waals surface area contributed by atoms with Crippen LogP contribution in [0.1, 0.15) is 39.0 Å². The van der Waals surface area contributed by atoms with E-state index in [1.807, 2.05) is 0 Å². The molecule has 4 unspecified atom stereocenters. The predicted octanol–water partition coefficient (Wildman–Crippen LogP) is -4.93. The van der Waals surface area contributed by atoms with Crippen molar-refractivity contribution in [3.63, 3.8) is 0 Å². The van der Waals surface area contributed by atoms with Crippen LogP contribution in [0.15, 0.2) is 4.99 Å². The number of guanidine groups is 1. The van der Waals surface area contributed by atoms with Crippen LogP contribution in [0.25, 0.3) is 0 Å². The van der Waals surface area contributed by atoms with E-state index in [2.05, 4.69) is 20.9 Å². The molecular formula is C18H33N9O7. The number of carbonyl (C=O) groups excluding carboxylic acids is 5. The molecule has 4 atom stereocenters. The number of carboxylic acids is 1. The number of carbonyl (C=O) groups is 6. The number of rotatable bonds is 16. The number of aliphatic carboxylic acids is 1. The molecule has 0 aliphatic rings. The Morgan fingerprint density at radius 2 is 1.38 bits per heavy atom. The molecule has 0 aliphatic carbocycles. The summed E-state index contributed by atoms with van der Waals surface area (Å²) < 4.78 is 0. The van der Waals surface area contributed by atoms with Crippen molar-refractivity contribution in [3.8, 4) is 0 Å². The standard InChI is InChI=1S/C18H33N9O7/c1-8(17(33)34)25-15(31)10(3-2-6-24-18(22)23)26-16(32)11(7-13(21)29)27-14(30)9(19)4-5-12(20)28/h8-11H,2-7,19H2,1H3,(H2,20,28)(H2,21,29)(H,25,31)(H,26,32)(H,27,30)(H,33,34)(H4,22,23,24). The summed E-state index contributed by atoms with van der Waals surface area (Å²) in [7, 11) is 0. The van der Waals surface area contributed by atoms with Crippen molar-refractivity contribution in [2.75, 3.05) is 6.54 Å². The fourth-order valence-corrected chi connectivity index (χ4v) is 2.54. The van der Waals surface area contributed by atoms with E-state index in [0.717, 1.165) is 0 Å². The van der Waals surface area contributed by atoms with Gasteiger partial charge in [0.15, 0.2) is 5.96 Å². The highest BCUT2D eigenvalue weighted by Gasteiger charge is 2.30. The Balaban J connectivity index is 5.44. The second-order valence-electron chi connectivity index (χ2n) is 7.42. The van der Waals surface area contributed by atoms with Gasteiger partial charge in [0, 0.05) is 13.0 Å².